The quantitative estimate of drug-likeness (QED) is 0.691. The number of aromatic nitrogens is 3. The standard InChI is InChI=1S/C19H21N5O/c1-2-17(25)24-19(21-14-16-11-7-4-8-12-16)22-18(23-24)20-13-15-9-5-3-6-10-15/h3-12H,2,13-14H2,1H3,(H2,20,21,22,23). The second kappa shape index (κ2) is 8.10. The van der Waals surface area contributed by atoms with Gasteiger partial charge in [0.05, 0.1) is 0 Å². The van der Waals surface area contributed by atoms with Crippen molar-refractivity contribution < 1.29 is 4.79 Å². The molecule has 0 fully saturated rings. The van der Waals surface area contributed by atoms with Crippen LogP contribution < -0.4 is 10.6 Å². The number of anilines is 2. The van der Waals surface area contributed by atoms with Gasteiger partial charge in [-0.25, -0.2) is 0 Å². The first-order chi connectivity index (χ1) is 12.3. The van der Waals surface area contributed by atoms with Crippen molar-refractivity contribution in [2.45, 2.75) is 26.4 Å². The fraction of sp³-hybridized carbons (Fsp3) is 0.211. The van der Waals surface area contributed by atoms with Crippen molar-refractivity contribution in [2.75, 3.05) is 10.6 Å². The van der Waals surface area contributed by atoms with Crippen molar-refractivity contribution in [1.29, 1.82) is 0 Å². The second-order valence-corrected chi connectivity index (χ2v) is 5.60. The van der Waals surface area contributed by atoms with Crippen LogP contribution in [0.2, 0.25) is 0 Å². The van der Waals surface area contributed by atoms with Gasteiger partial charge >= 0.3 is 0 Å². The van der Waals surface area contributed by atoms with Crippen LogP contribution in [0.5, 0.6) is 0 Å². The van der Waals surface area contributed by atoms with Crippen LogP contribution in [0.25, 0.3) is 0 Å². The Morgan fingerprint density at radius 2 is 1.48 bits per heavy atom. The number of hydrogen-bond donors (Lipinski definition) is 2. The minimum atomic E-state index is -0.101. The zero-order valence-electron chi connectivity index (χ0n) is 14.1. The van der Waals surface area contributed by atoms with Gasteiger partial charge in [0.25, 0.3) is 0 Å². The first-order valence-corrected chi connectivity index (χ1v) is 8.32. The summed E-state index contributed by atoms with van der Waals surface area (Å²) >= 11 is 0. The van der Waals surface area contributed by atoms with E-state index in [1.54, 1.807) is 0 Å². The topological polar surface area (TPSA) is 71.8 Å². The average Bonchev–Trinajstić information content (AvgIpc) is 3.09. The fourth-order valence-electron chi connectivity index (χ4n) is 2.38. The van der Waals surface area contributed by atoms with Crippen LogP contribution in [-0.4, -0.2) is 20.7 Å². The maximum absolute atomic E-state index is 12.1. The lowest BCUT2D eigenvalue weighted by molar-refractivity contribution is 0.0895. The van der Waals surface area contributed by atoms with Gasteiger partial charge in [0, 0.05) is 19.5 Å². The molecular formula is C19H21N5O. The molecule has 6 heteroatoms. The molecule has 0 aliphatic heterocycles. The van der Waals surface area contributed by atoms with E-state index in [1.165, 1.54) is 4.68 Å². The van der Waals surface area contributed by atoms with Gasteiger partial charge < -0.3 is 10.6 Å². The van der Waals surface area contributed by atoms with E-state index in [2.05, 4.69) is 20.7 Å². The van der Waals surface area contributed by atoms with Gasteiger partial charge in [-0.1, -0.05) is 67.6 Å². The van der Waals surface area contributed by atoms with Crippen LogP contribution in [0.15, 0.2) is 60.7 Å². The third kappa shape index (κ3) is 4.44. The maximum atomic E-state index is 12.1. The van der Waals surface area contributed by atoms with Gasteiger partial charge in [-0.3, -0.25) is 4.79 Å². The maximum Gasteiger partial charge on any atom is 0.249 e. The Morgan fingerprint density at radius 3 is 2.04 bits per heavy atom. The molecule has 6 nitrogen and oxygen atoms in total. The zero-order chi connectivity index (χ0) is 17.5. The number of carbonyl (C=O) groups excluding carboxylic acids is 1. The van der Waals surface area contributed by atoms with E-state index in [9.17, 15) is 4.79 Å². The van der Waals surface area contributed by atoms with Gasteiger partial charge in [-0.15, -0.1) is 5.10 Å². The fourth-order valence-corrected chi connectivity index (χ4v) is 2.38. The summed E-state index contributed by atoms with van der Waals surface area (Å²) in [5.74, 6) is 0.781. The third-order valence-electron chi connectivity index (χ3n) is 3.73. The molecule has 3 rings (SSSR count). The normalized spacial score (nSPS) is 10.4. The molecule has 0 spiro atoms. The molecule has 3 aromatic rings. The number of rotatable bonds is 7. The summed E-state index contributed by atoms with van der Waals surface area (Å²) in [6, 6.07) is 19.9. The highest BCUT2D eigenvalue weighted by atomic mass is 16.2. The molecule has 0 amide bonds. The number of carbonyl (C=O) groups is 1. The molecule has 0 saturated carbocycles. The Kier molecular flexibility index (Phi) is 5.41. The van der Waals surface area contributed by atoms with Crippen LogP contribution in [0.1, 0.15) is 29.3 Å². The second-order valence-electron chi connectivity index (χ2n) is 5.60. The predicted octanol–water partition coefficient (Wildman–Crippen LogP) is 3.55. The monoisotopic (exact) mass is 335 g/mol. The smallest absolute Gasteiger partial charge is 0.249 e. The highest BCUT2D eigenvalue weighted by Crippen LogP contribution is 2.13. The third-order valence-corrected chi connectivity index (χ3v) is 3.73. The van der Waals surface area contributed by atoms with Crippen LogP contribution in [0, 0.1) is 0 Å². The number of nitrogens with zero attached hydrogens (tertiary/aromatic N) is 3. The molecule has 0 aliphatic rings. The minimum Gasteiger partial charge on any atom is -0.350 e. The predicted molar refractivity (Wildman–Crippen MR) is 98.5 cm³/mol. The number of benzene rings is 2. The highest BCUT2D eigenvalue weighted by molar-refractivity contribution is 5.80. The SMILES string of the molecule is CCC(=O)n1nc(NCc2ccccc2)nc1NCc1ccccc1. The summed E-state index contributed by atoms with van der Waals surface area (Å²) in [6.45, 7) is 2.99. The zero-order valence-corrected chi connectivity index (χ0v) is 14.1. The number of hydrogen-bond acceptors (Lipinski definition) is 5. The summed E-state index contributed by atoms with van der Waals surface area (Å²) in [7, 11) is 0. The van der Waals surface area contributed by atoms with E-state index < -0.39 is 0 Å². The molecule has 1 aromatic heterocycles. The van der Waals surface area contributed by atoms with Crippen molar-refractivity contribution in [3.63, 3.8) is 0 Å². The van der Waals surface area contributed by atoms with Crippen LogP contribution >= 0.6 is 0 Å². The molecular weight excluding hydrogens is 314 g/mol. The Hall–Kier alpha value is -3.15. The van der Waals surface area contributed by atoms with E-state index in [4.69, 9.17) is 0 Å². The van der Waals surface area contributed by atoms with Crippen molar-refractivity contribution in [1.82, 2.24) is 14.8 Å². The van der Waals surface area contributed by atoms with Gasteiger partial charge in [0.2, 0.25) is 17.8 Å². The van der Waals surface area contributed by atoms with E-state index >= 15 is 0 Å². The van der Waals surface area contributed by atoms with Gasteiger partial charge in [0.1, 0.15) is 0 Å². The van der Waals surface area contributed by atoms with E-state index in [0.717, 1.165) is 11.1 Å². The van der Waals surface area contributed by atoms with Crippen LogP contribution in [0.4, 0.5) is 11.9 Å². The molecule has 2 N–H and O–H groups in total. The molecule has 0 bridgehead atoms. The highest BCUT2D eigenvalue weighted by Gasteiger charge is 2.14. The Bertz CT molecular complexity index is 814. The molecule has 0 unspecified atom stereocenters. The van der Waals surface area contributed by atoms with E-state index in [1.807, 2.05) is 67.6 Å². The number of nitrogens with one attached hydrogen (secondary N) is 2. The minimum absolute atomic E-state index is 0.101. The lowest BCUT2D eigenvalue weighted by Gasteiger charge is -2.06. The molecule has 0 radical (unpaired) electrons. The summed E-state index contributed by atoms with van der Waals surface area (Å²) in [5, 5.41) is 10.6. The van der Waals surface area contributed by atoms with E-state index in [-0.39, 0.29) is 5.91 Å². The van der Waals surface area contributed by atoms with Gasteiger partial charge in [0.15, 0.2) is 0 Å². The largest absolute Gasteiger partial charge is 0.350 e. The molecule has 25 heavy (non-hydrogen) atoms. The van der Waals surface area contributed by atoms with Crippen LogP contribution in [-0.2, 0) is 13.1 Å². The summed E-state index contributed by atoms with van der Waals surface area (Å²) in [6.07, 6.45) is 0.363. The first kappa shape index (κ1) is 16.7. The Balaban J connectivity index is 1.72. The Labute approximate surface area is 146 Å². The summed E-state index contributed by atoms with van der Waals surface area (Å²) < 4.78 is 1.33. The van der Waals surface area contributed by atoms with E-state index in [0.29, 0.717) is 31.4 Å². The van der Waals surface area contributed by atoms with Crippen molar-refractivity contribution in [2.24, 2.45) is 0 Å². The summed E-state index contributed by atoms with van der Waals surface area (Å²) in [4.78, 5) is 16.5. The van der Waals surface area contributed by atoms with Crippen molar-refractivity contribution >= 4 is 17.8 Å². The first-order valence-electron chi connectivity index (χ1n) is 8.32. The van der Waals surface area contributed by atoms with Crippen molar-refractivity contribution in [3.8, 4) is 0 Å². The molecule has 2 aromatic carbocycles. The van der Waals surface area contributed by atoms with Crippen LogP contribution in [0.3, 0.4) is 0 Å². The average molecular weight is 335 g/mol. The van der Waals surface area contributed by atoms with Gasteiger partial charge in [-0.2, -0.15) is 9.67 Å². The van der Waals surface area contributed by atoms with Crippen molar-refractivity contribution in [3.05, 3.63) is 71.8 Å². The lowest BCUT2D eigenvalue weighted by Crippen LogP contribution is -2.15. The molecule has 0 saturated heterocycles. The van der Waals surface area contributed by atoms with Gasteiger partial charge in [-0.05, 0) is 11.1 Å². The molecule has 1 heterocycles. The summed E-state index contributed by atoms with van der Waals surface area (Å²) in [5.41, 5.74) is 2.24. The lowest BCUT2D eigenvalue weighted by atomic mass is 10.2. The Morgan fingerprint density at radius 1 is 0.920 bits per heavy atom. The molecule has 0 atom stereocenters. The molecule has 0 aliphatic carbocycles. The molecule has 128 valence electrons.